The van der Waals surface area contributed by atoms with Gasteiger partial charge in [-0.15, -0.1) is 0 Å². The van der Waals surface area contributed by atoms with Crippen molar-refractivity contribution in [1.82, 2.24) is 0 Å². The number of ether oxygens (including phenoxy) is 4. The van der Waals surface area contributed by atoms with Crippen LogP contribution in [0.25, 0.3) is 5.76 Å². The second kappa shape index (κ2) is 9.41. The Morgan fingerprint density at radius 3 is 1.69 bits per heavy atom. The van der Waals surface area contributed by atoms with Crippen LogP contribution >= 0.6 is 0 Å². The van der Waals surface area contributed by atoms with Gasteiger partial charge in [0.25, 0.3) is 0 Å². The Bertz CT molecular complexity index is 1210. The van der Waals surface area contributed by atoms with Crippen LogP contribution in [0, 0.1) is 11.8 Å². The molecule has 0 atom stereocenters. The van der Waals surface area contributed by atoms with Crippen molar-refractivity contribution in [2.24, 2.45) is 11.8 Å². The Morgan fingerprint density at radius 1 is 0.694 bits per heavy atom. The maximum atomic E-state index is 12.5. The van der Waals surface area contributed by atoms with E-state index in [4.69, 9.17) is 14.2 Å². The summed E-state index contributed by atoms with van der Waals surface area (Å²) in [6.07, 6.45) is 3.29. The van der Waals surface area contributed by atoms with Gasteiger partial charge in [-0.1, -0.05) is 6.58 Å². The van der Waals surface area contributed by atoms with E-state index in [1.165, 1.54) is 30.3 Å². The maximum Gasteiger partial charge on any atom is 0.346 e. The topological polar surface area (TPSA) is 122 Å². The summed E-state index contributed by atoms with van der Waals surface area (Å²) in [7, 11) is 0. The Hall–Kier alpha value is -4.27. The zero-order chi connectivity index (χ0) is 25.4. The van der Waals surface area contributed by atoms with Crippen molar-refractivity contribution in [2.75, 3.05) is 13.2 Å². The third kappa shape index (κ3) is 4.51. The van der Waals surface area contributed by atoms with Gasteiger partial charge >= 0.3 is 29.8 Å². The monoisotopic (exact) mass is 490 g/mol. The highest BCUT2D eigenvalue weighted by Crippen LogP contribution is 2.31. The molecular weight excluding hydrogens is 468 g/mol. The quantitative estimate of drug-likeness (QED) is 0.336. The van der Waals surface area contributed by atoms with Gasteiger partial charge in [0.05, 0.1) is 41.0 Å². The SMILES string of the molecule is C=C1OC(=O)c2ccc(C(=O)OCC3CCC(COC(=O)c4ccc5c(c4)C(=O)OC5=O)CC3)cc21. The molecule has 2 heterocycles. The lowest BCUT2D eigenvalue weighted by Crippen LogP contribution is -2.24. The van der Waals surface area contributed by atoms with Gasteiger partial charge in [0.1, 0.15) is 5.76 Å². The van der Waals surface area contributed by atoms with Crippen LogP contribution in [0.4, 0.5) is 0 Å². The van der Waals surface area contributed by atoms with E-state index in [1.54, 1.807) is 6.07 Å². The van der Waals surface area contributed by atoms with Crippen molar-refractivity contribution in [3.05, 3.63) is 76.4 Å². The molecule has 1 aliphatic carbocycles. The largest absolute Gasteiger partial charge is 0.462 e. The molecule has 2 aromatic carbocycles. The summed E-state index contributed by atoms with van der Waals surface area (Å²) in [4.78, 5) is 59.8. The van der Waals surface area contributed by atoms with E-state index in [2.05, 4.69) is 11.3 Å². The van der Waals surface area contributed by atoms with Crippen molar-refractivity contribution < 1.29 is 42.9 Å². The molecule has 3 aliphatic rings. The standard InChI is InChI=1S/C27H22O9/c1-14-21-10-17(6-8-19(21)25(30)35-14)23(28)33-12-15-2-4-16(5-3-15)13-34-24(29)18-7-9-20-22(11-18)27(32)36-26(20)31/h6-11,15-16H,1-5,12-13H2. The van der Waals surface area contributed by atoms with E-state index in [0.29, 0.717) is 16.7 Å². The minimum atomic E-state index is -0.769. The number of carbonyl (C=O) groups excluding carboxylic acids is 5. The van der Waals surface area contributed by atoms with Crippen LogP contribution in [-0.2, 0) is 18.9 Å². The predicted octanol–water partition coefficient (Wildman–Crippen LogP) is 3.96. The van der Waals surface area contributed by atoms with Gasteiger partial charge in [-0.2, -0.15) is 0 Å². The molecule has 9 nitrogen and oxygen atoms in total. The third-order valence-electron chi connectivity index (χ3n) is 6.74. The van der Waals surface area contributed by atoms with E-state index in [9.17, 15) is 24.0 Å². The Labute approximate surface area is 206 Å². The number of hydrogen-bond acceptors (Lipinski definition) is 9. The number of carbonyl (C=O) groups is 5. The van der Waals surface area contributed by atoms with Crippen LogP contribution in [0.3, 0.4) is 0 Å². The summed E-state index contributed by atoms with van der Waals surface area (Å²) in [5.41, 5.74) is 1.60. The first kappa shape index (κ1) is 23.5. The second-order valence-corrected chi connectivity index (χ2v) is 9.09. The lowest BCUT2D eigenvalue weighted by molar-refractivity contribution is 0.0297. The van der Waals surface area contributed by atoms with Crippen LogP contribution in [0.1, 0.15) is 83.0 Å². The molecule has 184 valence electrons. The van der Waals surface area contributed by atoms with Gasteiger partial charge in [0.2, 0.25) is 0 Å². The molecule has 9 heteroatoms. The van der Waals surface area contributed by atoms with Gasteiger partial charge in [0, 0.05) is 5.56 Å². The number of cyclic esters (lactones) is 3. The average Bonchev–Trinajstić information content (AvgIpc) is 3.34. The number of benzene rings is 2. The van der Waals surface area contributed by atoms with Crippen molar-refractivity contribution in [3.8, 4) is 0 Å². The lowest BCUT2D eigenvalue weighted by Gasteiger charge is -2.27. The molecule has 0 bridgehead atoms. The first-order valence-electron chi connectivity index (χ1n) is 11.6. The van der Waals surface area contributed by atoms with Gasteiger partial charge in [0.15, 0.2) is 0 Å². The predicted molar refractivity (Wildman–Crippen MR) is 123 cm³/mol. The summed E-state index contributed by atoms with van der Waals surface area (Å²) in [5, 5.41) is 0. The maximum absolute atomic E-state index is 12.5. The highest BCUT2D eigenvalue weighted by molar-refractivity contribution is 6.15. The fourth-order valence-corrected chi connectivity index (χ4v) is 4.63. The number of rotatable bonds is 6. The Balaban J connectivity index is 1.07. The molecule has 0 N–H and O–H groups in total. The van der Waals surface area contributed by atoms with E-state index in [0.717, 1.165) is 25.7 Å². The Kier molecular flexibility index (Phi) is 6.13. The van der Waals surface area contributed by atoms with E-state index in [1.807, 2.05) is 0 Å². The smallest absolute Gasteiger partial charge is 0.346 e. The molecule has 0 saturated heterocycles. The zero-order valence-electron chi connectivity index (χ0n) is 19.2. The highest BCUT2D eigenvalue weighted by atomic mass is 16.6. The molecule has 0 spiro atoms. The first-order chi connectivity index (χ1) is 17.3. The minimum Gasteiger partial charge on any atom is -0.462 e. The number of hydrogen-bond donors (Lipinski definition) is 0. The van der Waals surface area contributed by atoms with Crippen molar-refractivity contribution in [1.29, 1.82) is 0 Å². The van der Waals surface area contributed by atoms with Gasteiger partial charge in [-0.05, 0) is 73.9 Å². The van der Waals surface area contributed by atoms with Crippen LogP contribution < -0.4 is 0 Å². The van der Waals surface area contributed by atoms with Crippen LogP contribution in [0.2, 0.25) is 0 Å². The molecule has 1 fully saturated rings. The van der Waals surface area contributed by atoms with Crippen LogP contribution in [0.5, 0.6) is 0 Å². The Morgan fingerprint density at radius 2 is 1.14 bits per heavy atom. The molecule has 2 aliphatic heterocycles. The van der Waals surface area contributed by atoms with Crippen molar-refractivity contribution in [2.45, 2.75) is 25.7 Å². The molecule has 36 heavy (non-hydrogen) atoms. The number of esters is 5. The van der Waals surface area contributed by atoms with E-state index in [-0.39, 0.29) is 47.5 Å². The minimum absolute atomic E-state index is 0.0659. The molecule has 0 radical (unpaired) electrons. The highest BCUT2D eigenvalue weighted by Gasteiger charge is 2.31. The lowest BCUT2D eigenvalue weighted by atomic mass is 9.83. The molecule has 0 amide bonds. The molecule has 5 rings (SSSR count). The fraction of sp³-hybridized carbons (Fsp3) is 0.296. The average molecular weight is 490 g/mol. The van der Waals surface area contributed by atoms with E-state index < -0.39 is 29.8 Å². The second-order valence-electron chi connectivity index (χ2n) is 9.09. The zero-order valence-corrected chi connectivity index (χ0v) is 19.2. The van der Waals surface area contributed by atoms with Crippen LogP contribution in [0.15, 0.2) is 43.0 Å². The summed E-state index contributed by atoms with van der Waals surface area (Å²) in [6.45, 7) is 4.20. The molecule has 1 saturated carbocycles. The van der Waals surface area contributed by atoms with E-state index >= 15 is 0 Å². The first-order valence-corrected chi connectivity index (χ1v) is 11.6. The molecule has 2 aromatic rings. The van der Waals surface area contributed by atoms with Crippen LogP contribution in [-0.4, -0.2) is 43.1 Å². The molecular formula is C27H22O9. The number of fused-ring (bicyclic) bond motifs is 2. The normalized spacial score (nSPS) is 20.3. The van der Waals surface area contributed by atoms with Crippen molar-refractivity contribution >= 4 is 35.6 Å². The molecule has 0 aromatic heterocycles. The summed E-state index contributed by atoms with van der Waals surface area (Å²) >= 11 is 0. The van der Waals surface area contributed by atoms with Crippen molar-refractivity contribution in [3.63, 3.8) is 0 Å². The van der Waals surface area contributed by atoms with Gasteiger partial charge in [-0.25, -0.2) is 24.0 Å². The van der Waals surface area contributed by atoms with Gasteiger partial charge < -0.3 is 18.9 Å². The van der Waals surface area contributed by atoms with Gasteiger partial charge in [-0.3, -0.25) is 0 Å². The summed E-state index contributed by atoms with van der Waals surface area (Å²) < 4.78 is 20.4. The molecule has 0 unspecified atom stereocenters. The fourth-order valence-electron chi connectivity index (χ4n) is 4.63. The summed E-state index contributed by atoms with van der Waals surface area (Å²) in [6, 6.07) is 8.77. The third-order valence-corrected chi connectivity index (χ3v) is 6.74. The summed E-state index contributed by atoms with van der Waals surface area (Å²) in [5.74, 6) is -2.40.